The fourth-order valence-corrected chi connectivity index (χ4v) is 3.52. The van der Waals surface area contributed by atoms with Gasteiger partial charge in [-0.15, -0.1) is 11.6 Å². The summed E-state index contributed by atoms with van der Waals surface area (Å²) in [7, 11) is 0. The van der Waals surface area contributed by atoms with Crippen molar-refractivity contribution in [3.63, 3.8) is 0 Å². The van der Waals surface area contributed by atoms with E-state index in [1.54, 1.807) is 4.90 Å². The summed E-state index contributed by atoms with van der Waals surface area (Å²) in [5.41, 5.74) is 0.939. The highest BCUT2D eigenvalue weighted by molar-refractivity contribution is 6.17. The molecule has 6 heteroatoms. The first-order chi connectivity index (χ1) is 11.2. The Morgan fingerprint density at radius 2 is 2.13 bits per heavy atom. The van der Waals surface area contributed by atoms with Gasteiger partial charge in [0.1, 0.15) is 12.7 Å². The number of amides is 1. The van der Waals surface area contributed by atoms with Crippen LogP contribution in [0.1, 0.15) is 24.8 Å². The third-order valence-electron chi connectivity index (χ3n) is 4.47. The molecule has 23 heavy (non-hydrogen) atoms. The maximum atomic E-state index is 12.4. The van der Waals surface area contributed by atoms with E-state index in [9.17, 15) is 9.59 Å². The summed E-state index contributed by atoms with van der Waals surface area (Å²) in [6.45, 7) is 0.794. The van der Waals surface area contributed by atoms with Crippen LogP contribution in [0.25, 0.3) is 0 Å². The first-order valence-electron chi connectivity index (χ1n) is 7.94. The van der Waals surface area contributed by atoms with Crippen LogP contribution in [-0.4, -0.2) is 41.5 Å². The average Bonchev–Trinajstić information content (AvgIpc) is 3.10. The van der Waals surface area contributed by atoms with Gasteiger partial charge in [-0.3, -0.25) is 4.79 Å². The van der Waals surface area contributed by atoms with E-state index in [1.807, 2.05) is 30.3 Å². The molecule has 2 fully saturated rings. The molecule has 1 aromatic carbocycles. The summed E-state index contributed by atoms with van der Waals surface area (Å²) in [6, 6.07) is 9.33. The fourth-order valence-electron chi connectivity index (χ4n) is 3.37. The minimum absolute atomic E-state index is 0.202. The van der Waals surface area contributed by atoms with Crippen LogP contribution >= 0.6 is 11.6 Å². The van der Waals surface area contributed by atoms with Crippen LogP contribution in [0.2, 0.25) is 0 Å². The van der Waals surface area contributed by atoms with Gasteiger partial charge in [0, 0.05) is 18.8 Å². The first kappa shape index (κ1) is 16.1. The predicted octanol–water partition coefficient (Wildman–Crippen LogP) is 2.96. The van der Waals surface area contributed by atoms with Crippen LogP contribution in [-0.2, 0) is 20.9 Å². The molecule has 0 spiro atoms. The zero-order chi connectivity index (χ0) is 16.2. The molecule has 0 unspecified atom stereocenters. The molecule has 2 aliphatic rings. The van der Waals surface area contributed by atoms with Gasteiger partial charge in [-0.1, -0.05) is 30.3 Å². The molecule has 0 bridgehead atoms. The summed E-state index contributed by atoms with van der Waals surface area (Å²) < 4.78 is 10.8. The average molecular weight is 338 g/mol. The molecule has 124 valence electrons. The van der Waals surface area contributed by atoms with Crippen LogP contribution in [0.15, 0.2) is 30.3 Å². The Labute approximate surface area is 140 Å². The molecule has 5 nitrogen and oxygen atoms in total. The largest absolute Gasteiger partial charge is 0.460 e. The summed E-state index contributed by atoms with van der Waals surface area (Å²) >= 11 is 5.73. The number of carbonyl (C=O) groups is 2. The second-order valence-corrected chi connectivity index (χ2v) is 6.30. The smallest absolute Gasteiger partial charge is 0.410 e. The number of fused-ring (bicyclic) bond motifs is 1. The van der Waals surface area contributed by atoms with Crippen LogP contribution < -0.4 is 0 Å². The van der Waals surface area contributed by atoms with E-state index in [4.69, 9.17) is 21.1 Å². The van der Waals surface area contributed by atoms with Gasteiger partial charge in [-0.05, 0) is 18.4 Å². The SMILES string of the molecule is O=C1O[C@@H]2CCN(C(=O)OCc3ccccc3)[C@@H]2[C@H]1CCCCl. The molecule has 0 saturated carbocycles. The summed E-state index contributed by atoms with van der Waals surface area (Å²) in [5.74, 6) is -0.00389. The van der Waals surface area contributed by atoms with Crippen LogP contribution in [0, 0.1) is 5.92 Å². The second kappa shape index (κ2) is 7.21. The minimum atomic E-state index is -0.379. The van der Waals surface area contributed by atoms with Crippen molar-refractivity contribution in [1.29, 1.82) is 0 Å². The Hall–Kier alpha value is -1.75. The number of likely N-dealkylation sites (tertiary alicyclic amines) is 1. The third kappa shape index (κ3) is 3.44. The van der Waals surface area contributed by atoms with E-state index in [-0.39, 0.29) is 36.7 Å². The Bertz CT molecular complexity index is 565. The van der Waals surface area contributed by atoms with Crippen molar-refractivity contribution in [1.82, 2.24) is 4.90 Å². The quantitative estimate of drug-likeness (QED) is 0.612. The van der Waals surface area contributed by atoms with Crippen molar-refractivity contribution in [2.75, 3.05) is 12.4 Å². The molecule has 0 radical (unpaired) electrons. The molecule has 1 aromatic rings. The molecular formula is C17H20ClNO4. The molecule has 0 aromatic heterocycles. The lowest BCUT2D eigenvalue weighted by Gasteiger charge is -2.25. The van der Waals surface area contributed by atoms with E-state index >= 15 is 0 Å². The highest BCUT2D eigenvalue weighted by Gasteiger charge is 2.52. The van der Waals surface area contributed by atoms with Crippen molar-refractivity contribution in [3.8, 4) is 0 Å². The number of rotatable bonds is 5. The standard InChI is InChI=1S/C17H20ClNO4/c18-9-4-7-13-15-14(23-16(13)20)8-10-19(15)17(21)22-11-12-5-2-1-3-6-12/h1-3,5-6,13-15H,4,7-11H2/t13-,14-,15-/m1/s1. The first-order valence-corrected chi connectivity index (χ1v) is 8.48. The molecule has 0 aliphatic carbocycles. The van der Waals surface area contributed by atoms with Crippen molar-refractivity contribution in [3.05, 3.63) is 35.9 Å². The molecular weight excluding hydrogens is 318 g/mol. The van der Waals surface area contributed by atoms with Gasteiger partial charge in [-0.25, -0.2) is 4.79 Å². The number of alkyl halides is 1. The normalized spacial score (nSPS) is 26.0. The fraction of sp³-hybridized carbons (Fsp3) is 0.529. The summed E-state index contributed by atoms with van der Waals surface area (Å²) in [5, 5.41) is 0. The van der Waals surface area contributed by atoms with Crippen molar-refractivity contribution in [2.45, 2.75) is 38.0 Å². The van der Waals surface area contributed by atoms with Crippen molar-refractivity contribution in [2.24, 2.45) is 5.92 Å². The van der Waals surface area contributed by atoms with Gasteiger partial charge in [0.25, 0.3) is 0 Å². The van der Waals surface area contributed by atoms with Gasteiger partial charge in [0.05, 0.1) is 12.0 Å². The maximum Gasteiger partial charge on any atom is 0.410 e. The number of esters is 1. The lowest BCUT2D eigenvalue weighted by Crippen LogP contribution is -2.42. The lowest BCUT2D eigenvalue weighted by atomic mass is 9.94. The number of hydrogen-bond donors (Lipinski definition) is 0. The Morgan fingerprint density at radius 1 is 1.35 bits per heavy atom. The number of hydrogen-bond acceptors (Lipinski definition) is 4. The third-order valence-corrected chi connectivity index (χ3v) is 4.73. The van der Waals surface area contributed by atoms with Crippen LogP contribution in [0.3, 0.4) is 0 Å². The number of ether oxygens (including phenoxy) is 2. The molecule has 2 heterocycles. The lowest BCUT2D eigenvalue weighted by molar-refractivity contribution is -0.144. The maximum absolute atomic E-state index is 12.4. The van der Waals surface area contributed by atoms with Gasteiger partial charge in [-0.2, -0.15) is 0 Å². The highest BCUT2D eigenvalue weighted by atomic mass is 35.5. The predicted molar refractivity (Wildman–Crippen MR) is 85.1 cm³/mol. The van der Waals surface area contributed by atoms with Gasteiger partial charge in [0.2, 0.25) is 0 Å². The monoisotopic (exact) mass is 337 g/mol. The highest BCUT2D eigenvalue weighted by Crippen LogP contribution is 2.37. The van der Waals surface area contributed by atoms with E-state index in [0.717, 1.165) is 12.0 Å². The number of nitrogens with zero attached hydrogens (tertiary/aromatic N) is 1. The number of benzene rings is 1. The zero-order valence-corrected chi connectivity index (χ0v) is 13.6. The molecule has 2 saturated heterocycles. The Balaban J connectivity index is 1.62. The van der Waals surface area contributed by atoms with E-state index in [0.29, 0.717) is 25.3 Å². The number of halogens is 1. The summed E-state index contributed by atoms with van der Waals surface area (Å²) in [4.78, 5) is 26.0. The zero-order valence-electron chi connectivity index (χ0n) is 12.8. The Kier molecular flexibility index (Phi) is 5.06. The van der Waals surface area contributed by atoms with Crippen molar-refractivity contribution >= 4 is 23.7 Å². The topological polar surface area (TPSA) is 55.8 Å². The molecule has 3 rings (SSSR count). The molecule has 0 N–H and O–H groups in total. The minimum Gasteiger partial charge on any atom is -0.460 e. The van der Waals surface area contributed by atoms with Crippen LogP contribution in [0.4, 0.5) is 4.79 Å². The second-order valence-electron chi connectivity index (χ2n) is 5.93. The van der Waals surface area contributed by atoms with Gasteiger partial charge < -0.3 is 14.4 Å². The number of carbonyl (C=O) groups excluding carboxylic acids is 2. The van der Waals surface area contributed by atoms with E-state index in [1.165, 1.54) is 0 Å². The molecule has 1 amide bonds. The summed E-state index contributed by atoms with van der Waals surface area (Å²) in [6.07, 6.45) is 1.47. The Morgan fingerprint density at radius 3 is 2.87 bits per heavy atom. The van der Waals surface area contributed by atoms with Crippen LogP contribution in [0.5, 0.6) is 0 Å². The van der Waals surface area contributed by atoms with Gasteiger partial charge >= 0.3 is 12.1 Å². The van der Waals surface area contributed by atoms with E-state index < -0.39 is 0 Å². The van der Waals surface area contributed by atoms with Crippen molar-refractivity contribution < 1.29 is 19.1 Å². The molecule has 3 atom stereocenters. The van der Waals surface area contributed by atoms with Gasteiger partial charge in [0.15, 0.2) is 0 Å². The molecule has 2 aliphatic heterocycles. The van der Waals surface area contributed by atoms with E-state index in [2.05, 4.69) is 0 Å².